The Morgan fingerprint density at radius 3 is 2.38 bits per heavy atom. The van der Waals surface area contributed by atoms with Crippen LogP contribution >= 0.6 is 0 Å². The van der Waals surface area contributed by atoms with Crippen molar-refractivity contribution in [3.05, 3.63) is 59.9 Å². The summed E-state index contributed by atoms with van der Waals surface area (Å²) in [5.41, 5.74) is 2.68. The molecule has 0 saturated carbocycles. The van der Waals surface area contributed by atoms with E-state index in [2.05, 4.69) is 15.0 Å². The number of rotatable bonds is 5. The number of hydrogen-bond acceptors (Lipinski definition) is 5. The molecule has 0 unspecified atom stereocenters. The largest absolute Gasteiger partial charge is 0.494 e. The van der Waals surface area contributed by atoms with E-state index in [-0.39, 0.29) is 0 Å². The van der Waals surface area contributed by atoms with Crippen LogP contribution in [0.3, 0.4) is 0 Å². The first-order valence-corrected chi connectivity index (χ1v) is 7.84. The van der Waals surface area contributed by atoms with Crippen molar-refractivity contribution in [1.82, 2.24) is 15.0 Å². The van der Waals surface area contributed by atoms with Gasteiger partial charge in [0.2, 0.25) is 5.88 Å². The van der Waals surface area contributed by atoms with Gasteiger partial charge in [-0.2, -0.15) is 0 Å². The van der Waals surface area contributed by atoms with E-state index in [1.165, 1.54) is 0 Å². The van der Waals surface area contributed by atoms with Crippen LogP contribution in [-0.4, -0.2) is 21.6 Å². The van der Waals surface area contributed by atoms with Crippen LogP contribution in [0.4, 0.5) is 0 Å². The standard InChI is InChI=1S/C19H19N3O2/c1-4-23-15-8-10-16(11-9-15)24-18-7-5-6-17(22-18)19-20-12-13(2)14(3)21-19/h5-12H,4H2,1-3H3. The maximum absolute atomic E-state index is 5.81. The van der Waals surface area contributed by atoms with E-state index in [4.69, 9.17) is 9.47 Å². The molecular formula is C19H19N3O2. The molecule has 1 aromatic carbocycles. The van der Waals surface area contributed by atoms with Crippen LogP contribution in [-0.2, 0) is 0 Å². The number of aromatic nitrogens is 3. The van der Waals surface area contributed by atoms with Gasteiger partial charge in [0.1, 0.15) is 17.2 Å². The Bertz CT molecular complexity index is 832. The Balaban J connectivity index is 1.81. The minimum Gasteiger partial charge on any atom is -0.494 e. The highest BCUT2D eigenvalue weighted by molar-refractivity contribution is 5.50. The minimum absolute atomic E-state index is 0.499. The first-order valence-electron chi connectivity index (χ1n) is 7.84. The lowest BCUT2D eigenvalue weighted by Gasteiger charge is -2.08. The Kier molecular flexibility index (Phi) is 4.70. The molecule has 0 spiro atoms. The number of hydrogen-bond donors (Lipinski definition) is 0. The molecule has 0 aliphatic rings. The molecule has 0 aliphatic carbocycles. The molecule has 0 aliphatic heterocycles. The first kappa shape index (κ1) is 15.9. The lowest BCUT2D eigenvalue weighted by molar-refractivity contribution is 0.339. The molecule has 0 saturated heterocycles. The van der Waals surface area contributed by atoms with Crippen molar-refractivity contribution in [2.45, 2.75) is 20.8 Å². The van der Waals surface area contributed by atoms with Gasteiger partial charge in [0, 0.05) is 18.0 Å². The van der Waals surface area contributed by atoms with Crippen molar-refractivity contribution >= 4 is 0 Å². The summed E-state index contributed by atoms with van der Waals surface area (Å²) in [6.45, 7) is 6.53. The van der Waals surface area contributed by atoms with Crippen LogP contribution in [0, 0.1) is 13.8 Å². The summed E-state index contributed by atoms with van der Waals surface area (Å²) >= 11 is 0. The van der Waals surface area contributed by atoms with Crippen molar-refractivity contribution in [3.63, 3.8) is 0 Å². The summed E-state index contributed by atoms with van der Waals surface area (Å²) in [5.74, 6) is 2.60. The van der Waals surface area contributed by atoms with Crippen molar-refractivity contribution in [3.8, 4) is 28.9 Å². The van der Waals surface area contributed by atoms with E-state index < -0.39 is 0 Å². The Morgan fingerprint density at radius 1 is 0.917 bits per heavy atom. The molecule has 3 aromatic rings. The zero-order valence-electron chi connectivity index (χ0n) is 14.0. The number of benzene rings is 1. The van der Waals surface area contributed by atoms with Gasteiger partial charge in [0.25, 0.3) is 0 Å². The van der Waals surface area contributed by atoms with Gasteiger partial charge < -0.3 is 9.47 Å². The number of aryl methyl sites for hydroxylation is 2. The van der Waals surface area contributed by atoms with Crippen molar-refractivity contribution in [1.29, 1.82) is 0 Å². The topological polar surface area (TPSA) is 57.1 Å². The number of ether oxygens (including phenoxy) is 2. The lowest BCUT2D eigenvalue weighted by Crippen LogP contribution is -1.97. The average molecular weight is 321 g/mol. The van der Waals surface area contributed by atoms with Gasteiger partial charge in [0.15, 0.2) is 5.82 Å². The fourth-order valence-corrected chi connectivity index (χ4v) is 2.14. The van der Waals surface area contributed by atoms with Crippen molar-refractivity contribution in [2.24, 2.45) is 0 Å². The Morgan fingerprint density at radius 2 is 1.67 bits per heavy atom. The molecule has 0 N–H and O–H groups in total. The highest BCUT2D eigenvalue weighted by Gasteiger charge is 2.07. The maximum Gasteiger partial charge on any atom is 0.219 e. The predicted octanol–water partition coefficient (Wildman–Crippen LogP) is 4.35. The smallest absolute Gasteiger partial charge is 0.219 e. The Labute approximate surface area is 141 Å². The zero-order valence-corrected chi connectivity index (χ0v) is 14.0. The van der Waals surface area contributed by atoms with Gasteiger partial charge in [-0.1, -0.05) is 6.07 Å². The van der Waals surface area contributed by atoms with Gasteiger partial charge in [0.05, 0.1) is 6.61 Å². The molecule has 0 amide bonds. The molecule has 24 heavy (non-hydrogen) atoms. The van der Waals surface area contributed by atoms with Gasteiger partial charge in [-0.05, 0) is 56.7 Å². The van der Waals surface area contributed by atoms with Crippen LogP contribution in [0.2, 0.25) is 0 Å². The third kappa shape index (κ3) is 3.68. The summed E-state index contributed by atoms with van der Waals surface area (Å²) in [4.78, 5) is 13.3. The highest BCUT2D eigenvalue weighted by Crippen LogP contribution is 2.24. The average Bonchev–Trinajstić information content (AvgIpc) is 2.60. The molecule has 2 heterocycles. The molecule has 0 bridgehead atoms. The minimum atomic E-state index is 0.499. The number of pyridine rings is 1. The fraction of sp³-hybridized carbons (Fsp3) is 0.211. The van der Waals surface area contributed by atoms with E-state index in [0.29, 0.717) is 29.8 Å². The normalized spacial score (nSPS) is 10.5. The molecule has 3 rings (SSSR count). The monoisotopic (exact) mass is 321 g/mol. The molecule has 0 atom stereocenters. The molecule has 2 aromatic heterocycles. The second kappa shape index (κ2) is 7.08. The van der Waals surface area contributed by atoms with Crippen LogP contribution in [0.25, 0.3) is 11.5 Å². The second-order valence-electron chi connectivity index (χ2n) is 5.33. The summed E-state index contributed by atoms with van der Waals surface area (Å²) in [7, 11) is 0. The summed E-state index contributed by atoms with van der Waals surface area (Å²) < 4.78 is 11.2. The highest BCUT2D eigenvalue weighted by atomic mass is 16.5. The zero-order chi connectivity index (χ0) is 16.9. The van der Waals surface area contributed by atoms with Crippen LogP contribution in [0.1, 0.15) is 18.2 Å². The van der Waals surface area contributed by atoms with Crippen LogP contribution in [0.15, 0.2) is 48.7 Å². The SMILES string of the molecule is CCOc1ccc(Oc2cccc(-c3ncc(C)c(C)n3)n2)cc1. The number of nitrogens with zero attached hydrogens (tertiary/aromatic N) is 3. The van der Waals surface area contributed by atoms with Crippen LogP contribution in [0.5, 0.6) is 17.4 Å². The van der Waals surface area contributed by atoms with Crippen LogP contribution < -0.4 is 9.47 Å². The summed E-state index contributed by atoms with van der Waals surface area (Å²) in [6.07, 6.45) is 1.80. The van der Waals surface area contributed by atoms with Crippen molar-refractivity contribution < 1.29 is 9.47 Å². The van der Waals surface area contributed by atoms with E-state index in [9.17, 15) is 0 Å². The molecule has 0 fully saturated rings. The predicted molar refractivity (Wildman–Crippen MR) is 92.4 cm³/mol. The third-order valence-electron chi connectivity index (χ3n) is 3.53. The molecule has 5 nitrogen and oxygen atoms in total. The van der Waals surface area contributed by atoms with Gasteiger partial charge >= 0.3 is 0 Å². The molecular weight excluding hydrogens is 302 g/mol. The van der Waals surface area contributed by atoms with E-state index in [1.807, 2.05) is 57.2 Å². The van der Waals surface area contributed by atoms with E-state index in [1.54, 1.807) is 12.3 Å². The second-order valence-corrected chi connectivity index (χ2v) is 5.33. The lowest BCUT2D eigenvalue weighted by atomic mass is 10.2. The summed E-state index contributed by atoms with van der Waals surface area (Å²) in [5, 5.41) is 0. The van der Waals surface area contributed by atoms with E-state index >= 15 is 0 Å². The Hall–Kier alpha value is -2.95. The van der Waals surface area contributed by atoms with E-state index in [0.717, 1.165) is 17.0 Å². The quantitative estimate of drug-likeness (QED) is 0.699. The first-order chi connectivity index (χ1) is 11.7. The summed E-state index contributed by atoms with van der Waals surface area (Å²) in [6, 6.07) is 13.0. The fourth-order valence-electron chi connectivity index (χ4n) is 2.14. The molecule has 0 radical (unpaired) electrons. The maximum atomic E-state index is 5.81. The molecule has 5 heteroatoms. The van der Waals surface area contributed by atoms with Gasteiger partial charge in [-0.15, -0.1) is 0 Å². The third-order valence-corrected chi connectivity index (χ3v) is 3.53. The molecule has 122 valence electrons. The van der Waals surface area contributed by atoms with Gasteiger partial charge in [-0.3, -0.25) is 0 Å². The van der Waals surface area contributed by atoms with Gasteiger partial charge in [-0.25, -0.2) is 15.0 Å². The van der Waals surface area contributed by atoms with Crippen molar-refractivity contribution in [2.75, 3.05) is 6.61 Å².